The summed E-state index contributed by atoms with van der Waals surface area (Å²) in [6.45, 7) is 6.46. The molecule has 0 atom stereocenters. The lowest BCUT2D eigenvalue weighted by atomic mass is 10.1. The first-order valence-corrected chi connectivity index (χ1v) is 5.64. The number of allylic oxidation sites excluding steroid dienone is 2. The van der Waals surface area contributed by atoms with Gasteiger partial charge in [-0.05, 0) is 19.4 Å². The summed E-state index contributed by atoms with van der Waals surface area (Å²) in [6, 6.07) is 3.40. The van der Waals surface area contributed by atoms with Gasteiger partial charge in [0.25, 0.3) is 0 Å². The standard InChI is InChI=1S/C15H14F2O/c1-9(2)4-6-11-12-7-5-10(3)14(17)15(12)18-13(11)8-16/h4-7H,1,8H2,2-3H3/b6-4-. The molecule has 3 heteroatoms. The highest BCUT2D eigenvalue weighted by Gasteiger charge is 2.16. The van der Waals surface area contributed by atoms with Gasteiger partial charge < -0.3 is 4.42 Å². The average Bonchev–Trinajstić information content (AvgIpc) is 2.69. The van der Waals surface area contributed by atoms with Crippen LogP contribution in [-0.2, 0) is 6.67 Å². The normalized spacial score (nSPS) is 11.6. The van der Waals surface area contributed by atoms with E-state index in [1.165, 1.54) is 0 Å². The monoisotopic (exact) mass is 248 g/mol. The molecule has 0 saturated carbocycles. The summed E-state index contributed by atoms with van der Waals surface area (Å²) in [5.74, 6) is -0.288. The number of halogens is 2. The van der Waals surface area contributed by atoms with Gasteiger partial charge in [0, 0.05) is 10.9 Å². The molecule has 0 bridgehead atoms. The van der Waals surface area contributed by atoms with Gasteiger partial charge in [0.15, 0.2) is 11.4 Å². The highest BCUT2D eigenvalue weighted by Crippen LogP contribution is 2.31. The van der Waals surface area contributed by atoms with E-state index in [0.29, 0.717) is 16.5 Å². The van der Waals surface area contributed by atoms with E-state index in [4.69, 9.17) is 4.42 Å². The third kappa shape index (κ3) is 2.08. The molecule has 0 aliphatic rings. The molecule has 2 rings (SSSR count). The molecule has 0 unspecified atom stereocenters. The van der Waals surface area contributed by atoms with Crippen molar-refractivity contribution in [1.29, 1.82) is 0 Å². The third-order valence-corrected chi connectivity index (χ3v) is 2.76. The number of rotatable bonds is 3. The quantitative estimate of drug-likeness (QED) is 0.701. The Morgan fingerprint density at radius 2 is 2.17 bits per heavy atom. The largest absolute Gasteiger partial charge is 0.455 e. The van der Waals surface area contributed by atoms with Crippen LogP contribution in [-0.4, -0.2) is 0 Å². The lowest BCUT2D eigenvalue weighted by Crippen LogP contribution is -1.82. The molecule has 1 aromatic heterocycles. The summed E-state index contributed by atoms with van der Waals surface area (Å²) in [4.78, 5) is 0. The van der Waals surface area contributed by atoms with Gasteiger partial charge in [-0.3, -0.25) is 0 Å². The summed E-state index contributed by atoms with van der Waals surface area (Å²) >= 11 is 0. The number of hydrogen-bond acceptors (Lipinski definition) is 1. The fraction of sp³-hybridized carbons (Fsp3) is 0.200. The molecule has 18 heavy (non-hydrogen) atoms. The van der Waals surface area contributed by atoms with E-state index < -0.39 is 12.5 Å². The molecular formula is C15H14F2O. The van der Waals surface area contributed by atoms with Crippen molar-refractivity contribution in [3.8, 4) is 0 Å². The van der Waals surface area contributed by atoms with Crippen LogP contribution in [0.3, 0.4) is 0 Å². The van der Waals surface area contributed by atoms with Gasteiger partial charge in [-0.25, -0.2) is 8.78 Å². The molecule has 0 saturated heterocycles. The maximum Gasteiger partial charge on any atom is 0.170 e. The zero-order chi connectivity index (χ0) is 13.3. The molecule has 0 spiro atoms. The Labute approximate surface area is 104 Å². The second-order valence-corrected chi connectivity index (χ2v) is 4.33. The van der Waals surface area contributed by atoms with Crippen LogP contribution in [0.2, 0.25) is 0 Å². The second kappa shape index (κ2) is 4.77. The number of alkyl halides is 1. The van der Waals surface area contributed by atoms with Crippen molar-refractivity contribution < 1.29 is 13.2 Å². The number of benzene rings is 1. The van der Waals surface area contributed by atoms with Crippen LogP contribution < -0.4 is 0 Å². The molecule has 1 aromatic carbocycles. The van der Waals surface area contributed by atoms with E-state index in [-0.39, 0.29) is 11.3 Å². The first-order chi connectivity index (χ1) is 8.54. The zero-order valence-corrected chi connectivity index (χ0v) is 10.4. The lowest BCUT2D eigenvalue weighted by Gasteiger charge is -1.96. The second-order valence-electron chi connectivity index (χ2n) is 4.33. The fourth-order valence-corrected chi connectivity index (χ4v) is 1.80. The Kier molecular flexibility index (Phi) is 3.32. The Balaban J connectivity index is 2.71. The average molecular weight is 248 g/mol. The van der Waals surface area contributed by atoms with Crippen LogP contribution in [0.4, 0.5) is 8.78 Å². The van der Waals surface area contributed by atoms with Crippen molar-refractivity contribution in [3.05, 3.63) is 53.1 Å². The molecule has 0 fully saturated rings. The van der Waals surface area contributed by atoms with Gasteiger partial charge >= 0.3 is 0 Å². The van der Waals surface area contributed by atoms with Gasteiger partial charge in [-0.15, -0.1) is 0 Å². The van der Waals surface area contributed by atoms with Crippen LogP contribution in [0, 0.1) is 12.7 Å². The van der Waals surface area contributed by atoms with Gasteiger partial charge in [-0.1, -0.05) is 36.4 Å². The van der Waals surface area contributed by atoms with Crippen LogP contribution in [0.25, 0.3) is 17.0 Å². The maximum atomic E-state index is 13.9. The Morgan fingerprint density at radius 3 is 2.78 bits per heavy atom. The molecule has 2 aromatic rings. The first-order valence-electron chi connectivity index (χ1n) is 5.64. The summed E-state index contributed by atoms with van der Waals surface area (Å²) in [7, 11) is 0. The van der Waals surface area contributed by atoms with E-state index in [0.717, 1.165) is 5.57 Å². The molecule has 0 N–H and O–H groups in total. The number of furan rings is 1. The third-order valence-electron chi connectivity index (χ3n) is 2.76. The number of aryl methyl sites for hydroxylation is 1. The van der Waals surface area contributed by atoms with Crippen molar-refractivity contribution in [3.63, 3.8) is 0 Å². The molecule has 0 radical (unpaired) electrons. The topological polar surface area (TPSA) is 13.1 Å². The maximum absolute atomic E-state index is 13.9. The smallest absolute Gasteiger partial charge is 0.170 e. The highest BCUT2D eigenvalue weighted by atomic mass is 19.1. The van der Waals surface area contributed by atoms with Crippen LogP contribution in [0.15, 0.2) is 34.8 Å². The Hall–Kier alpha value is -1.90. The summed E-state index contributed by atoms with van der Waals surface area (Å²) in [5, 5.41) is 0.586. The molecule has 1 nitrogen and oxygen atoms in total. The van der Waals surface area contributed by atoms with Gasteiger partial charge in [-0.2, -0.15) is 0 Å². The minimum absolute atomic E-state index is 0.115. The predicted octanol–water partition coefficient (Wildman–Crippen LogP) is 4.94. The van der Waals surface area contributed by atoms with Gasteiger partial charge in [0.1, 0.15) is 12.4 Å². The van der Waals surface area contributed by atoms with Crippen molar-refractivity contribution in [1.82, 2.24) is 0 Å². The summed E-state index contributed by atoms with van der Waals surface area (Å²) < 4.78 is 32.0. The van der Waals surface area contributed by atoms with Crippen molar-refractivity contribution in [2.45, 2.75) is 20.5 Å². The predicted molar refractivity (Wildman–Crippen MR) is 69.6 cm³/mol. The van der Waals surface area contributed by atoms with Crippen LogP contribution in [0.5, 0.6) is 0 Å². The molecule has 94 valence electrons. The molecule has 1 heterocycles. The van der Waals surface area contributed by atoms with Gasteiger partial charge in [0.05, 0.1) is 0 Å². The molecule has 0 aliphatic carbocycles. The Morgan fingerprint density at radius 1 is 1.44 bits per heavy atom. The number of fused-ring (bicyclic) bond motifs is 1. The van der Waals surface area contributed by atoms with E-state index in [2.05, 4.69) is 6.58 Å². The van der Waals surface area contributed by atoms with Gasteiger partial charge in [0.2, 0.25) is 0 Å². The van der Waals surface area contributed by atoms with E-state index in [1.54, 1.807) is 31.2 Å². The van der Waals surface area contributed by atoms with E-state index >= 15 is 0 Å². The zero-order valence-electron chi connectivity index (χ0n) is 10.4. The van der Waals surface area contributed by atoms with Crippen molar-refractivity contribution in [2.24, 2.45) is 0 Å². The number of hydrogen-bond donors (Lipinski definition) is 0. The molecular weight excluding hydrogens is 234 g/mol. The first kappa shape index (κ1) is 12.6. The van der Waals surface area contributed by atoms with Crippen molar-refractivity contribution in [2.75, 3.05) is 0 Å². The molecule has 0 aliphatic heterocycles. The highest BCUT2D eigenvalue weighted by molar-refractivity contribution is 5.89. The SMILES string of the molecule is C=C(C)/C=C\c1c(CF)oc2c(F)c(C)ccc12. The Bertz CT molecular complexity index is 635. The fourth-order valence-electron chi connectivity index (χ4n) is 1.80. The minimum atomic E-state index is -0.761. The lowest BCUT2D eigenvalue weighted by molar-refractivity contribution is 0.401. The summed E-state index contributed by atoms with van der Waals surface area (Å²) in [6.07, 6.45) is 3.46. The van der Waals surface area contributed by atoms with E-state index in [9.17, 15) is 8.78 Å². The van der Waals surface area contributed by atoms with E-state index in [1.807, 2.05) is 6.92 Å². The van der Waals surface area contributed by atoms with Crippen molar-refractivity contribution >= 4 is 17.0 Å². The summed E-state index contributed by atoms with van der Waals surface area (Å²) in [5.41, 5.74) is 2.01. The molecule has 0 amide bonds. The van der Waals surface area contributed by atoms with Crippen LogP contribution >= 0.6 is 0 Å². The minimum Gasteiger partial charge on any atom is -0.455 e. The van der Waals surface area contributed by atoms with Crippen LogP contribution in [0.1, 0.15) is 23.8 Å².